The normalized spacial score (nSPS) is 21.3. The summed E-state index contributed by atoms with van der Waals surface area (Å²) < 4.78 is 0. The Morgan fingerprint density at radius 1 is 1.38 bits per heavy atom. The van der Waals surface area contributed by atoms with Crippen molar-refractivity contribution in [3.63, 3.8) is 0 Å². The van der Waals surface area contributed by atoms with Gasteiger partial charge in [-0.25, -0.2) is 4.79 Å². The van der Waals surface area contributed by atoms with Crippen molar-refractivity contribution < 1.29 is 14.7 Å². The Morgan fingerprint density at radius 3 is 2.43 bits per heavy atom. The number of anilines is 1. The summed E-state index contributed by atoms with van der Waals surface area (Å²) in [5.74, 6) is -1.27. The number of carbonyl (C=O) groups excluding carboxylic acids is 1. The van der Waals surface area contributed by atoms with Gasteiger partial charge in [-0.05, 0) is 31.5 Å². The van der Waals surface area contributed by atoms with Gasteiger partial charge in [0.2, 0.25) is 5.91 Å². The highest BCUT2D eigenvalue weighted by Crippen LogP contribution is 2.36. The Hall–Kier alpha value is -1.30. The maximum atomic E-state index is 12.5. The molecule has 1 aromatic carbocycles. The Morgan fingerprint density at radius 2 is 2.00 bits per heavy atom. The average molecular weight is 331 g/mol. The molecule has 1 amide bonds. The van der Waals surface area contributed by atoms with Gasteiger partial charge in [-0.15, -0.1) is 0 Å². The zero-order valence-corrected chi connectivity index (χ0v) is 13.0. The van der Waals surface area contributed by atoms with Gasteiger partial charge in [0.25, 0.3) is 0 Å². The molecule has 0 bridgehead atoms. The second kappa shape index (κ2) is 6.22. The molecule has 1 atom stereocenters. The number of halogens is 2. The summed E-state index contributed by atoms with van der Waals surface area (Å²) in [7, 11) is 0. The fourth-order valence-electron chi connectivity index (χ4n) is 2.46. The number of aromatic carboxylic acids is 1. The van der Waals surface area contributed by atoms with E-state index in [4.69, 9.17) is 28.3 Å². The Bertz CT molecular complexity index is 561. The first-order chi connectivity index (χ1) is 9.89. The van der Waals surface area contributed by atoms with Crippen LogP contribution >= 0.6 is 23.2 Å². The van der Waals surface area contributed by atoms with Crippen molar-refractivity contribution >= 4 is 40.8 Å². The van der Waals surface area contributed by atoms with Gasteiger partial charge >= 0.3 is 5.97 Å². The van der Waals surface area contributed by atoms with E-state index in [1.54, 1.807) is 0 Å². The van der Waals surface area contributed by atoms with Crippen LogP contribution in [0, 0.1) is 5.41 Å². The van der Waals surface area contributed by atoms with Crippen molar-refractivity contribution in [2.24, 2.45) is 5.41 Å². The molecule has 5 nitrogen and oxygen atoms in total. The van der Waals surface area contributed by atoms with Gasteiger partial charge in [0.15, 0.2) is 0 Å². The Labute approximate surface area is 132 Å². The van der Waals surface area contributed by atoms with Crippen LogP contribution in [0.4, 0.5) is 5.69 Å². The number of amides is 1. The van der Waals surface area contributed by atoms with Crippen molar-refractivity contribution in [2.75, 3.05) is 18.4 Å². The SMILES string of the molecule is CCC1(C(=O)Nc2c(Cl)cc(C(=O)O)cc2Cl)CCNC1. The molecule has 7 heteroatoms. The predicted octanol–water partition coefficient (Wildman–Crippen LogP) is 3.02. The molecule has 0 aromatic heterocycles. The van der Waals surface area contributed by atoms with Crippen LogP contribution in [-0.4, -0.2) is 30.1 Å². The highest BCUT2D eigenvalue weighted by Gasteiger charge is 2.39. The van der Waals surface area contributed by atoms with E-state index in [0.29, 0.717) is 13.0 Å². The zero-order chi connectivity index (χ0) is 15.6. The molecule has 1 aromatic rings. The number of carboxylic acid groups (broad SMARTS) is 1. The van der Waals surface area contributed by atoms with Gasteiger partial charge in [-0.2, -0.15) is 0 Å². The van der Waals surface area contributed by atoms with E-state index < -0.39 is 11.4 Å². The van der Waals surface area contributed by atoms with E-state index in [1.165, 1.54) is 12.1 Å². The van der Waals surface area contributed by atoms with Gasteiger partial charge in [0, 0.05) is 6.54 Å². The summed E-state index contributed by atoms with van der Waals surface area (Å²) in [6.07, 6.45) is 1.45. The van der Waals surface area contributed by atoms with Crippen LogP contribution in [0.5, 0.6) is 0 Å². The third-order valence-electron chi connectivity index (χ3n) is 3.93. The lowest BCUT2D eigenvalue weighted by Gasteiger charge is -2.25. The minimum atomic E-state index is -1.12. The summed E-state index contributed by atoms with van der Waals surface area (Å²) >= 11 is 12.1. The first-order valence-electron chi connectivity index (χ1n) is 6.64. The van der Waals surface area contributed by atoms with Crippen LogP contribution in [0.15, 0.2) is 12.1 Å². The van der Waals surface area contributed by atoms with Crippen LogP contribution in [0.3, 0.4) is 0 Å². The third kappa shape index (κ3) is 3.15. The molecule has 0 aliphatic carbocycles. The number of rotatable bonds is 4. The average Bonchev–Trinajstić information content (AvgIpc) is 2.92. The summed E-state index contributed by atoms with van der Waals surface area (Å²) in [5.41, 5.74) is -0.234. The maximum absolute atomic E-state index is 12.5. The molecule has 1 saturated heterocycles. The number of carbonyl (C=O) groups is 2. The number of nitrogens with one attached hydrogen (secondary N) is 2. The van der Waals surface area contributed by atoms with E-state index in [0.717, 1.165) is 13.0 Å². The van der Waals surface area contributed by atoms with Crippen molar-refractivity contribution in [2.45, 2.75) is 19.8 Å². The van der Waals surface area contributed by atoms with Crippen LogP contribution < -0.4 is 10.6 Å². The molecule has 114 valence electrons. The number of hydrogen-bond acceptors (Lipinski definition) is 3. The summed E-state index contributed by atoms with van der Waals surface area (Å²) in [6.45, 7) is 3.36. The van der Waals surface area contributed by atoms with Crippen molar-refractivity contribution in [3.05, 3.63) is 27.7 Å². The summed E-state index contributed by atoms with van der Waals surface area (Å²) in [6, 6.07) is 2.55. The lowest BCUT2D eigenvalue weighted by molar-refractivity contribution is -0.124. The summed E-state index contributed by atoms with van der Waals surface area (Å²) in [4.78, 5) is 23.4. The quantitative estimate of drug-likeness (QED) is 0.792. The standard InChI is InChI=1S/C14H16Cl2N2O3/c1-2-14(3-4-17-7-14)13(21)18-11-9(15)5-8(12(19)20)6-10(11)16/h5-6,17H,2-4,7H2,1H3,(H,18,21)(H,19,20). The van der Waals surface area contributed by atoms with E-state index in [1.807, 2.05) is 6.92 Å². The highest BCUT2D eigenvalue weighted by atomic mass is 35.5. The van der Waals surface area contributed by atoms with Gasteiger partial charge in [-0.1, -0.05) is 30.1 Å². The van der Waals surface area contributed by atoms with E-state index in [2.05, 4.69) is 10.6 Å². The van der Waals surface area contributed by atoms with Gasteiger partial charge in [-0.3, -0.25) is 4.79 Å². The molecule has 1 fully saturated rings. The molecule has 21 heavy (non-hydrogen) atoms. The molecular formula is C14H16Cl2N2O3. The lowest BCUT2D eigenvalue weighted by atomic mass is 9.83. The third-order valence-corrected chi connectivity index (χ3v) is 4.53. The van der Waals surface area contributed by atoms with Gasteiger partial charge < -0.3 is 15.7 Å². The maximum Gasteiger partial charge on any atom is 0.335 e. The predicted molar refractivity (Wildman–Crippen MR) is 82.3 cm³/mol. The molecular weight excluding hydrogens is 315 g/mol. The van der Waals surface area contributed by atoms with Crippen molar-refractivity contribution in [3.8, 4) is 0 Å². The molecule has 2 rings (SSSR count). The second-order valence-electron chi connectivity index (χ2n) is 5.13. The topological polar surface area (TPSA) is 78.4 Å². The van der Waals surface area contributed by atoms with Crippen molar-refractivity contribution in [1.29, 1.82) is 0 Å². The monoisotopic (exact) mass is 330 g/mol. The molecule has 0 radical (unpaired) electrons. The van der Waals surface area contributed by atoms with Crippen LogP contribution in [0.1, 0.15) is 30.1 Å². The smallest absolute Gasteiger partial charge is 0.335 e. The van der Waals surface area contributed by atoms with Gasteiger partial charge in [0.1, 0.15) is 0 Å². The Kier molecular flexibility index (Phi) is 4.76. The van der Waals surface area contributed by atoms with Crippen LogP contribution in [-0.2, 0) is 4.79 Å². The molecule has 3 N–H and O–H groups in total. The minimum absolute atomic E-state index is 0.0178. The lowest BCUT2D eigenvalue weighted by Crippen LogP contribution is -2.37. The fraction of sp³-hybridized carbons (Fsp3) is 0.429. The Balaban J connectivity index is 2.27. The molecule has 1 aliphatic rings. The molecule has 0 saturated carbocycles. The largest absolute Gasteiger partial charge is 0.478 e. The fourth-order valence-corrected chi connectivity index (χ4v) is 3.04. The molecule has 1 aliphatic heterocycles. The zero-order valence-electron chi connectivity index (χ0n) is 11.5. The number of hydrogen-bond donors (Lipinski definition) is 3. The second-order valence-corrected chi connectivity index (χ2v) is 5.95. The first kappa shape index (κ1) is 16.1. The van der Waals surface area contributed by atoms with E-state index >= 15 is 0 Å². The minimum Gasteiger partial charge on any atom is -0.478 e. The number of benzene rings is 1. The molecule has 1 heterocycles. The molecule has 0 spiro atoms. The number of carboxylic acids is 1. The van der Waals surface area contributed by atoms with Crippen LogP contribution in [0.25, 0.3) is 0 Å². The highest BCUT2D eigenvalue weighted by molar-refractivity contribution is 6.40. The summed E-state index contributed by atoms with van der Waals surface area (Å²) in [5, 5.41) is 15.1. The molecule has 1 unspecified atom stereocenters. The first-order valence-corrected chi connectivity index (χ1v) is 7.40. The van der Waals surface area contributed by atoms with E-state index in [9.17, 15) is 9.59 Å². The van der Waals surface area contributed by atoms with Crippen molar-refractivity contribution in [1.82, 2.24) is 5.32 Å². The van der Waals surface area contributed by atoms with Crippen LogP contribution in [0.2, 0.25) is 10.0 Å². The van der Waals surface area contributed by atoms with Gasteiger partial charge in [0.05, 0.1) is 26.7 Å². The van der Waals surface area contributed by atoms with E-state index in [-0.39, 0.29) is 27.2 Å².